The van der Waals surface area contributed by atoms with Crippen molar-refractivity contribution in [2.45, 2.75) is 57.8 Å². The van der Waals surface area contributed by atoms with Gasteiger partial charge in [0.2, 0.25) is 0 Å². The average molecular weight is 512 g/mol. The number of benzene rings is 2. The van der Waals surface area contributed by atoms with Gasteiger partial charge < -0.3 is 10.2 Å². The Morgan fingerprint density at radius 1 is 0.933 bits per heavy atom. The van der Waals surface area contributed by atoms with E-state index in [2.05, 4.69) is 63.1 Å². The van der Waals surface area contributed by atoms with Gasteiger partial charge in [0.15, 0.2) is 0 Å². The van der Waals surface area contributed by atoms with Crippen molar-refractivity contribution >= 4 is 39.9 Å². The summed E-state index contributed by atoms with van der Waals surface area (Å²) in [6.45, 7) is 2.15. The summed E-state index contributed by atoms with van der Waals surface area (Å²) in [4.78, 5) is 15.9. The third-order valence-corrected chi connectivity index (χ3v) is 8.95. The number of amides is 1. The fourth-order valence-corrected chi connectivity index (χ4v) is 6.22. The first-order valence-electron chi connectivity index (χ1n) is 11.5. The van der Waals surface area contributed by atoms with Crippen molar-refractivity contribution in [1.29, 1.82) is 0 Å². The summed E-state index contributed by atoms with van der Waals surface area (Å²) in [6.07, 6.45) is 11.7. The van der Waals surface area contributed by atoms with Gasteiger partial charge >= 0.3 is 0 Å². The average Bonchev–Trinajstić information content (AvgIpc) is 3.68. The van der Waals surface area contributed by atoms with Crippen molar-refractivity contribution in [3.05, 3.63) is 56.7 Å². The first-order valence-corrected chi connectivity index (χ1v) is 12.6. The molecule has 156 valence electrons. The van der Waals surface area contributed by atoms with Gasteiger partial charge in [-0.05, 0) is 127 Å². The molecule has 4 aliphatic rings. The van der Waals surface area contributed by atoms with Crippen molar-refractivity contribution < 1.29 is 4.79 Å². The zero-order valence-electron chi connectivity index (χ0n) is 17.5. The van der Waals surface area contributed by atoms with E-state index in [-0.39, 0.29) is 5.91 Å². The molecule has 1 amide bonds. The second-order valence-electron chi connectivity index (χ2n) is 10.2. The van der Waals surface area contributed by atoms with E-state index in [1.807, 2.05) is 6.07 Å². The molecule has 2 spiro atoms. The molecule has 0 atom stereocenters. The van der Waals surface area contributed by atoms with Crippen molar-refractivity contribution in [3.63, 3.8) is 0 Å². The van der Waals surface area contributed by atoms with Crippen LogP contribution in [0.25, 0.3) is 0 Å². The predicted octanol–water partition coefficient (Wildman–Crippen LogP) is 6.19. The fraction of sp³-hybridized carbons (Fsp3) is 0.500. The zero-order valence-corrected chi connectivity index (χ0v) is 19.6. The van der Waals surface area contributed by atoms with Crippen molar-refractivity contribution in [3.8, 4) is 0 Å². The molecule has 0 aromatic heterocycles. The molecule has 1 saturated heterocycles. The molecule has 3 fully saturated rings. The number of piperidine rings is 1. The largest absolute Gasteiger partial charge is 0.371 e. The molecule has 2 saturated carbocycles. The molecular weight excluding hydrogens is 483 g/mol. The minimum atomic E-state index is 0.0354. The van der Waals surface area contributed by atoms with E-state index in [0.29, 0.717) is 10.8 Å². The number of carbonyl (C=O) groups excluding carboxylic acids is 1. The Morgan fingerprint density at radius 3 is 2.43 bits per heavy atom. The van der Waals surface area contributed by atoms with E-state index in [0.717, 1.165) is 36.4 Å². The van der Waals surface area contributed by atoms with Crippen LogP contribution in [-0.4, -0.2) is 19.0 Å². The van der Waals surface area contributed by atoms with Crippen LogP contribution in [0.4, 0.5) is 11.4 Å². The highest BCUT2D eigenvalue weighted by Crippen LogP contribution is 2.55. The van der Waals surface area contributed by atoms with Crippen LogP contribution >= 0.6 is 22.6 Å². The highest BCUT2D eigenvalue weighted by Gasteiger charge is 2.45. The van der Waals surface area contributed by atoms with E-state index >= 15 is 0 Å². The van der Waals surface area contributed by atoms with Crippen LogP contribution in [0.15, 0.2) is 36.4 Å². The number of rotatable bonds is 3. The summed E-state index contributed by atoms with van der Waals surface area (Å²) in [7, 11) is 0. The van der Waals surface area contributed by atoms with Crippen LogP contribution in [0.5, 0.6) is 0 Å². The van der Waals surface area contributed by atoms with Gasteiger partial charge in [-0.2, -0.15) is 0 Å². The third-order valence-electron chi connectivity index (χ3n) is 8.28. The molecular formula is C26H29IN2O. The Bertz CT molecular complexity index is 1010. The van der Waals surface area contributed by atoms with Gasteiger partial charge in [-0.3, -0.25) is 4.79 Å². The van der Waals surface area contributed by atoms with Gasteiger partial charge in [0.05, 0.1) is 11.3 Å². The Kier molecular flexibility index (Phi) is 4.45. The maximum Gasteiger partial charge on any atom is 0.257 e. The van der Waals surface area contributed by atoms with Crippen LogP contribution in [0.2, 0.25) is 0 Å². The van der Waals surface area contributed by atoms with E-state index in [9.17, 15) is 4.79 Å². The number of nitrogens with one attached hydrogen (secondary N) is 1. The van der Waals surface area contributed by atoms with Gasteiger partial charge in [0, 0.05) is 22.3 Å². The Hall–Kier alpha value is -1.56. The maximum absolute atomic E-state index is 13.4. The summed E-state index contributed by atoms with van der Waals surface area (Å²) in [6, 6.07) is 12.7. The number of anilines is 2. The molecule has 1 N–H and O–H groups in total. The molecule has 0 bridgehead atoms. The summed E-state index contributed by atoms with van der Waals surface area (Å²) in [5, 5.41) is 3.29. The van der Waals surface area contributed by atoms with Gasteiger partial charge in [-0.25, -0.2) is 0 Å². The zero-order chi connectivity index (χ0) is 20.3. The number of nitrogens with zero attached hydrogens (tertiary/aromatic N) is 1. The van der Waals surface area contributed by atoms with Crippen LogP contribution in [-0.2, 0) is 12.8 Å². The predicted molar refractivity (Wildman–Crippen MR) is 130 cm³/mol. The number of hydrogen-bond donors (Lipinski definition) is 1. The SMILES string of the molecule is O=C(Nc1cccc2c1CCC1(CC1)C2)c1ccc(I)cc1N1CCC2(CC1)CC2. The number of carbonyl (C=O) groups is 1. The molecule has 2 aromatic rings. The first kappa shape index (κ1) is 19.1. The van der Waals surface area contributed by atoms with E-state index in [1.165, 1.54) is 66.1 Å². The van der Waals surface area contributed by atoms with Crippen LogP contribution in [0.1, 0.15) is 66.4 Å². The fourth-order valence-electron chi connectivity index (χ4n) is 5.75. The Labute approximate surface area is 192 Å². The number of halogens is 1. The molecule has 1 heterocycles. The summed E-state index contributed by atoms with van der Waals surface area (Å²) in [5.41, 5.74) is 6.99. The third kappa shape index (κ3) is 3.45. The highest BCUT2D eigenvalue weighted by atomic mass is 127. The minimum absolute atomic E-state index is 0.0354. The van der Waals surface area contributed by atoms with Crippen molar-refractivity contribution in [2.75, 3.05) is 23.3 Å². The summed E-state index contributed by atoms with van der Waals surface area (Å²) in [5.74, 6) is 0.0354. The lowest BCUT2D eigenvalue weighted by Crippen LogP contribution is -2.35. The van der Waals surface area contributed by atoms with Crippen LogP contribution in [0, 0.1) is 14.4 Å². The molecule has 1 aliphatic heterocycles. The summed E-state index contributed by atoms with van der Waals surface area (Å²) >= 11 is 2.36. The Balaban J connectivity index is 1.26. The summed E-state index contributed by atoms with van der Waals surface area (Å²) < 4.78 is 1.19. The molecule has 3 aliphatic carbocycles. The molecule has 3 nitrogen and oxygen atoms in total. The van der Waals surface area contributed by atoms with Crippen molar-refractivity contribution in [1.82, 2.24) is 0 Å². The van der Waals surface area contributed by atoms with Gasteiger partial charge in [-0.1, -0.05) is 12.1 Å². The second kappa shape index (κ2) is 6.98. The monoisotopic (exact) mass is 512 g/mol. The first-order chi connectivity index (χ1) is 14.5. The van der Waals surface area contributed by atoms with E-state index in [4.69, 9.17) is 0 Å². The Morgan fingerprint density at radius 2 is 1.70 bits per heavy atom. The van der Waals surface area contributed by atoms with Gasteiger partial charge in [0.1, 0.15) is 0 Å². The molecule has 0 radical (unpaired) electrons. The van der Waals surface area contributed by atoms with Crippen molar-refractivity contribution in [2.24, 2.45) is 10.8 Å². The molecule has 2 aromatic carbocycles. The van der Waals surface area contributed by atoms with E-state index < -0.39 is 0 Å². The van der Waals surface area contributed by atoms with Crippen LogP contribution < -0.4 is 10.2 Å². The lowest BCUT2D eigenvalue weighted by molar-refractivity contribution is 0.102. The lowest BCUT2D eigenvalue weighted by atomic mass is 9.81. The topological polar surface area (TPSA) is 32.3 Å². The minimum Gasteiger partial charge on any atom is -0.371 e. The normalized spacial score (nSPS) is 22.6. The molecule has 6 rings (SSSR count). The standard InChI is InChI=1S/C26H29IN2O/c27-19-4-5-21(23(16-19)29-14-12-25(8-9-25)13-15-29)24(30)28-22-3-1-2-18-17-26(10-11-26)7-6-20(18)22/h1-5,16H,6-15,17H2,(H,28,30). The second-order valence-corrected chi connectivity index (χ2v) is 11.5. The van der Waals surface area contributed by atoms with Gasteiger partial charge in [0.25, 0.3) is 5.91 Å². The van der Waals surface area contributed by atoms with Gasteiger partial charge in [-0.15, -0.1) is 0 Å². The highest BCUT2D eigenvalue weighted by molar-refractivity contribution is 14.1. The smallest absolute Gasteiger partial charge is 0.257 e. The molecule has 0 unspecified atom stereocenters. The molecule has 4 heteroatoms. The van der Waals surface area contributed by atoms with Crippen LogP contribution in [0.3, 0.4) is 0 Å². The lowest BCUT2D eigenvalue weighted by Gasteiger charge is -2.35. The van der Waals surface area contributed by atoms with E-state index in [1.54, 1.807) is 0 Å². The quantitative estimate of drug-likeness (QED) is 0.498. The number of hydrogen-bond acceptors (Lipinski definition) is 2. The maximum atomic E-state index is 13.4. The number of fused-ring (bicyclic) bond motifs is 1. The molecule has 30 heavy (non-hydrogen) atoms.